The van der Waals surface area contributed by atoms with Crippen LogP contribution in [0.2, 0.25) is 0 Å². The Labute approximate surface area is 108 Å². The molecule has 4 N–H and O–H groups in total. The van der Waals surface area contributed by atoms with Gasteiger partial charge in [-0.05, 0) is 18.2 Å². The molecule has 0 aliphatic heterocycles. The van der Waals surface area contributed by atoms with Crippen molar-refractivity contribution in [2.45, 2.75) is 4.90 Å². The number of aromatic hydroxyl groups is 1. The van der Waals surface area contributed by atoms with E-state index in [9.17, 15) is 13.2 Å². The van der Waals surface area contributed by atoms with Crippen LogP contribution in [-0.2, 0) is 10.1 Å². The zero-order chi connectivity index (χ0) is 14.5. The first-order valence-electron chi connectivity index (χ1n) is 4.79. The lowest BCUT2D eigenvalue weighted by atomic mass is 10.2. The number of nitrogens with one attached hydrogen (secondary N) is 1. The second-order valence-electron chi connectivity index (χ2n) is 3.22. The van der Waals surface area contributed by atoms with Gasteiger partial charge in [-0.25, -0.2) is 9.78 Å². The van der Waals surface area contributed by atoms with Crippen LogP contribution in [0.15, 0.2) is 41.8 Å². The first kappa shape index (κ1) is 14.7. The number of carboxylic acids is 1. The lowest BCUT2D eigenvalue weighted by Crippen LogP contribution is -2.02. The van der Waals surface area contributed by atoms with Gasteiger partial charge in [-0.3, -0.25) is 4.55 Å². The zero-order valence-corrected chi connectivity index (χ0v) is 10.2. The van der Waals surface area contributed by atoms with Gasteiger partial charge >= 0.3 is 5.97 Å². The Bertz CT molecular complexity index is 633. The molecule has 1 aromatic heterocycles. The number of benzene rings is 1. The van der Waals surface area contributed by atoms with Crippen molar-refractivity contribution < 1.29 is 28.0 Å². The van der Waals surface area contributed by atoms with E-state index in [0.717, 1.165) is 12.1 Å². The van der Waals surface area contributed by atoms with Gasteiger partial charge in [-0.1, -0.05) is 0 Å². The first-order chi connectivity index (χ1) is 8.82. The van der Waals surface area contributed by atoms with Gasteiger partial charge in [0.2, 0.25) is 0 Å². The topological polar surface area (TPSA) is 141 Å². The molecule has 2 aromatic rings. The molecule has 2 rings (SSSR count). The average Bonchev–Trinajstić information content (AvgIpc) is 2.86. The lowest BCUT2D eigenvalue weighted by Gasteiger charge is -2.01. The fraction of sp³-hybridized carbons (Fsp3) is 0. The van der Waals surface area contributed by atoms with Crippen molar-refractivity contribution in [1.82, 2.24) is 9.97 Å². The van der Waals surface area contributed by atoms with E-state index in [1.165, 1.54) is 0 Å². The Hall–Kier alpha value is -2.39. The number of aromatic amines is 1. The van der Waals surface area contributed by atoms with Crippen LogP contribution < -0.4 is 0 Å². The predicted molar refractivity (Wildman–Crippen MR) is 63.5 cm³/mol. The van der Waals surface area contributed by atoms with Crippen LogP contribution in [0.3, 0.4) is 0 Å². The van der Waals surface area contributed by atoms with E-state index in [1.54, 1.807) is 18.7 Å². The molecule has 0 fully saturated rings. The maximum Gasteiger partial charge on any atom is 0.339 e. The summed E-state index contributed by atoms with van der Waals surface area (Å²) in [6, 6.07) is 2.46. The monoisotopic (exact) mass is 286 g/mol. The predicted octanol–water partition coefficient (Wildman–Crippen LogP) is 0.747. The third-order valence-electron chi connectivity index (χ3n) is 1.90. The summed E-state index contributed by atoms with van der Waals surface area (Å²) in [6.07, 6.45) is 5.08. The van der Waals surface area contributed by atoms with Crippen molar-refractivity contribution in [2.75, 3.05) is 0 Å². The fourth-order valence-corrected chi connectivity index (χ4v) is 1.57. The van der Waals surface area contributed by atoms with Crippen molar-refractivity contribution in [3.8, 4) is 5.75 Å². The first-order valence-corrected chi connectivity index (χ1v) is 6.23. The van der Waals surface area contributed by atoms with Crippen LogP contribution in [0.1, 0.15) is 10.4 Å². The van der Waals surface area contributed by atoms with Gasteiger partial charge in [0.25, 0.3) is 10.1 Å². The van der Waals surface area contributed by atoms with Crippen molar-refractivity contribution in [1.29, 1.82) is 0 Å². The number of H-pyrrole nitrogens is 1. The number of aromatic nitrogens is 2. The second-order valence-corrected chi connectivity index (χ2v) is 4.64. The summed E-state index contributed by atoms with van der Waals surface area (Å²) < 4.78 is 29.8. The van der Waals surface area contributed by atoms with Gasteiger partial charge in [0.1, 0.15) is 11.3 Å². The molecule has 0 unspecified atom stereocenters. The minimum atomic E-state index is -4.45. The van der Waals surface area contributed by atoms with Crippen molar-refractivity contribution in [3.05, 3.63) is 42.5 Å². The molecular weight excluding hydrogens is 276 g/mol. The van der Waals surface area contributed by atoms with Crippen LogP contribution in [-0.4, -0.2) is 39.1 Å². The molecule has 0 aliphatic carbocycles. The highest BCUT2D eigenvalue weighted by Gasteiger charge is 2.16. The molecule has 0 bridgehead atoms. The van der Waals surface area contributed by atoms with Crippen molar-refractivity contribution in [3.63, 3.8) is 0 Å². The molecule has 0 atom stereocenters. The van der Waals surface area contributed by atoms with Crippen LogP contribution in [0, 0.1) is 0 Å². The largest absolute Gasteiger partial charge is 0.507 e. The van der Waals surface area contributed by atoms with Gasteiger partial charge in [0.15, 0.2) is 0 Å². The normalized spacial score (nSPS) is 10.4. The highest BCUT2D eigenvalue weighted by atomic mass is 32.2. The molecule has 19 heavy (non-hydrogen) atoms. The van der Waals surface area contributed by atoms with Gasteiger partial charge in [0.05, 0.1) is 11.2 Å². The quantitative estimate of drug-likeness (QED) is 0.597. The maximum absolute atomic E-state index is 10.6. The number of carboxylic acid groups (broad SMARTS) is 1. The van der Waals surface area contributed by atoms with E-state index in [4.69, 9.17) is 14.8 Å². The Morgan fingerprint density at radius 3 is 2.37 bits per heavy atom. The average molecular weight is 286 g/mol. The van der Waals surface area contributed by atoms with Gasteiger partial charge < -0.3 is 15.2 Å². The SMILES string of the molecule is O=C(O)c1cc(S(=O)(=O)O)ccc1O.c1c[nH]cn1. The summed E-state index contributed by atoms with van der Waals surface area (Å²) in [5.41, 5.74) is -0.583. The molecule has 0 saturated carbocycles. The Balaban J connectivity index is 0.000000300. The molecule has 9 heteroatoms. The van der Waals surface area contributed by atoms with E-state index in [0.29, 0.717) is 6.07 Å². The minimum absolute atomic E-state index is 0.565. The summed E-state index contributed by atoms with van der Waals surface area (Å²) in [5.74, 6) is -2.04. The molecule has 0 radical (unpaired) electrons. The molecule has 8 nitrogen and oxygen atoms in total. The van der Waals surface area contributed by atoms with Crippen LogP contribution in [0.25, 0.3) is 0 Å². The molecule has 1 heterocycles. The number of hydrogen-bond donors (Lipinski definition) is 4. The van der Waals surface area contributed by atoms with Gasteiger partial charge in [0, 0.05) is 12.4 Å². The molecule has 0 aliphatic rings. The Morgan fingerprint density at radius 1 is 1.32 bits per heavy atom. The zero-order valence-electron chi connectivity index (χ0n) is 9.39. The van der Waals surface area contributed by atoms with Gasteiger partial charge in [-0.2, -0.15) is 8.42 Å². The highest BCUT2D eigenvalue weighted by molar-refractivity contribution is 7.85. The third-order valence-corrected chi connectivity index (χ3v) is 2.75. The van der Waals surface area contributed by atoms with E-state index in [1.807, 2.05) is 0 Å². The summed E-state index contributed by atoms with van der Waals surface area (Å²) >= 11 is 0. The van der Waals surface area contributed by atoms with Crippen LogP contribution >= 0.6 is 0 Å². The number of imidazole rings is 1. The fourth-order valence-electron chi connectivity index (χ4n) is 1.06. The molecular formula is C10H10N2O6S. The third kappa shape index (κ3) is 4.41. The smallest absolute Gasteiger partial charge is 0.339 e. The number of carbonyl (C=O) groups is 1. The van der Waals surface area contributed by atoms with Crippen molar-refractivity contribution in [2.24, 2.45) is 0 Å². The number of aromatic carboxylic acids is 1. The molecule has 0 spiro atoms. The summed E-state index contributed by atoms with van der Waals surface area (Å²) in [6.45, 7) is 0. The second kappa shape index (κ2) is 5.98. The molecule has 0 saturated heterocycles. The Morgan fingerprint density at radius 2 is 2.00 bits per heavy atom. The molecule has 1 aromatic carbocycles. The Kier molecular flexibility index (Phi) is 4.62. The summed E-state index contributed by atoms with van der Waals surface area (Å²) in [5, 5.41) is 17.5. The van der Waals surface area contributed by atoms with E-state index < -0.39 is 32.3 Å². The molecule has 102 valence electrons. The summed E-state index contributed by atoms with van der Waals surface area (Å²) in [4.78, 5) is 16.3. The number of phenols is 1. The van der Waals surface area contributed by atoms with Gasteiger partial charge in [-0.15, -0.1) is 0 Å². The van der Waals surface area contributed by atoms with Crippen LogP contribution in [0.5, 0.6) is 5.75 Å². The molecule has 0 amide bonds. The van der Waals surface area contributed by atoms with Crippen molar-refractivity contribution >= 4 is 16.1 Å². The lowest BCUT2D eigenvalue weighted by molar-refractivity contribution is 0.0693. The highest BCUT2D eigenvalue weighted by Crippen LogP contribution is 2.20. The van der Waals surface area contributed by atoms with Crippen LogP contribution in [0.4, 0.5) is 0 Å². The maximum atomic E-state index is 10.6. The minimum Gasteiger partial charge on any atom is -0.507 e. The van der Waals surface area contributed by atoms with E-state index in [2.05, 4.69) is 9.97 Å². The number of nitrogens with zero attached hydrogens (tertiary/aromatic N) is 1. The summed E-state index contributed by atoms with van der Waals surface area (Å²) in [7, 11) is -4.45. The van der Waals surface area contributed by atoms with E-state index in [-0.39, 0.29) is 0 Å². The number of rotatable bonds is 2. The van der Waals surface area contributed by atoms with E-state index >= 15 is 0 Å². The number of hydrogen-bond acceptors (Lipinski definition) is 5. The standard InChI is InChI=1S/C7H6O6S.C3H4N2/c8-6-2-1-4(14(11,12)13)3-5(6)7(9)10;1-2-5-3-4-1/h1-3,8H,(H,9,10)(H,11,12,13);1-3H,(H,4,5).